The third-order valence-corrected chi connectivity index (χ3v) is 8.37. The molecule has 1 heterocycles. The molecule has 1 unspecified atom stereocenters. The second-order valence-electron chi connectivity index (χ2n) is 10.3. The smallest absolute Gasteiger partial charge is 0.464 e. The Morgan fingerprint density at radius 2 is 1.72 bits per heavy atom. The van der Waals surface area contributed by atoms with Gasteiger partial charge in [0, 0.05) is 12.6 Å². The summed E-state index contributed by atoms with van der Waals surface area (Å²) in [6.07, 6.45) is 8.13. The van der Waals surface area contributed by atoms with E-state index in [0.717, 1.165) is 62.6 Å². The van der Waals surface area contributed by atoms with Gasteiger partial charge in [0.25, 0.3) is 0 Å². The van der Waals surface area contributed by atoms with Gasteiger partial charge in [-0.2, -0.15) is 0 Å². The number of allylic oxidation sites excluding steroid dienone is 1. The molecular formula is C27H38N3O5P. The van der Waals surface area contributed by atoms with Gasteiger partial charge in [-0.3, -0.25) is 14.0 Å². The lowest BCUT2D eigenvalue weighted by molar-refractivity contribution is 0.0582. The number of rotatable bonds is 7. The van der Waals surface area contributed by atoms with E-state index in [1.54, 1.807) is 13.1 Å². The van der Waals surface area contributed by atoms with Crippen LogP contribution in [-0.2, 0) is 18.3 Å². The van der Waals surface area contributed by atoms with Crippen LogP contribution in [0.1, 0.15) is 82.3 Å². The maximum Gasteiger partial charge on any atom is 0.472 e. The lowest BCUT2D eigenvalue weighted by atomic mass is 9.82. The number of phosphoric ester groups is 1. The fraction of sp³-hybridized carbons (Fsp3) is 0.556. The zero-order chi connectivity index (χ0) is 25.9. The molecule has 2 fully saturated rings. The summed E-state index contributed by atoms with van der Waals surface area (Å²) in [6.45, 7) is 7.66. The molecular weight excluding hydrogens is 477 g/mol. The Morgan fingerprint density at radius 1 is 1.14 bits per heavy atom. The van der Waals surface area contributed by atoms with Gasteiger partial charge >= 0.3 is 7.82 Å². The van der Waals surface area contributed by atoms with Crippen LogP contribution in [0.2, 0.25) is 0 Å². The number of aliphatic imine (C=N–C) groups is 2. The van der Waals surface area contributed by atoms with E-state index in [1.807, 2.05) is 13.8 Å². The Morgan fingerprint density at radius 3 is 2.28 bits per heavy atom. The first kappa shape index (κ1) is 26.8. The number of nitrogens with zero attached hydrogens (tertiary/aromatic N) is 2. The third kappa shape index (κ3) is 6.17. The van der Waals surface area contributed by atoms with Crippen molar-refractivity contribution in [1.82, 2.24) is 0 Å². The van der Waals surface area contributed by atoms with Crippen LogP contribution in [0.4, 0.5) is 0 Å². The summed E-state index contributed by atoms with van der Waals surface area (Å²) in [5.74, 6) is 0.772. The van der Waals surface area contributed by atoms with Gasteiger partial charge in [-0.05, 0) is 69.9 Å². The second kappa shape index (κ2) is 11.0. The summed E-state index contributed by atoms with van der Waals surface area (Å²) < 4.78 is 29.5. The molecule has 1 aromatic carbocycles. The van der Waals surface area contributed by atoms with E-state index in [2.05, 4.69) is 35.8 Å². The van der Waals surface area contributed by atoms with Gasteiger partial charge in [-0.15, -0.1) is 0 Å². The van der Waals surface area contributed by atoms with Crippen LogP contribution in [0.5, 0.6) is 0 Å². The molecule has 4 rings (SSSR count). The normalized spacial score (nSPS) is 28.8. The summed E-state index contributed by atoms with van der Waals surface area (Å²) in [4.78, 5) is 19.2. The fourth-order valence-electron chi connectivity index (χ4n) is 5.29. The van der Waals surface area contributed by atoms with Gasteiger partial charge < -0.3 is 15.4 Å². The van der Waals surface area contributed by atoms with Crippen molar-refractivity contribution in [3.05, 3.63) is 59.4 Å². The van der Waals surface area contributed by atoms with E-state index in [0.29, 0.717) is 23.2 Å². The molecule has 2 saturated carbocycles. The zero-order valence-corrected chi connectivity index (χ0v) is 22.4. The van der Waals surface area contributed by atoms with Gasteiger partial charge in [0.1, 0.15) is 11.3 Å². The highest BCUT2D eigenvalue weighted by Gasteiger charge is 2.37. The third-order valence-electron chi connectivity index (χ3n) is 7.24. The first-order chi connectivity index (χ1) is 17.1. The van der Waals surface area contributed by atoms with Crippen LogP contribution < -0.4 is 5.73 Å². The number of nitrogens with two attached hydrogens (primary N) is 1. The second-order valence-corrected chi connectivity index (χ2v) is 11.6. The number of hydrogen-bond acceptors (Lipinski definition) is 7. The molecule has 196 valence electrons. The molecule has 1 aromatic rings. The molecule has 8 nitrogen and oxygen atoms in total. The van der Waals surface area contributed by atoms with Crippen LogP contribution in [0.25, 0.3) is 0 Å². The maximum atomic E-state index is 12.4. The highest BCUT2D eigenvalue weighted by molar-refractivity contribution is 7.47. The highest BCUT2D eigenvalue weighted by atomic mass is 31.2. The van der Waals surface area contributed by atoms with Crippen molar-refractivity contribution in [1.29, 1.82) is 0 Å². The Labute approximate surface area is 214 Å². The average molecular weight is 516 g/mol. The summed E-state index contributed by atoms with van der Waals surface area (Å²) in [7, 11) is -2.36. The van der Waals surface area contributed by atoms with E-state index in [9.17, 15) is 9.46 Å². The topological polar surface area (TPSA) is 116 Å². The van der Waals surface area contributed by atoms with E-state index in [1.165, 1.54) is 5.56 Å². The number of ether oxygens (including phenoxy) is 1. The molecule has 0 aromatic heterocycles. The molecule has 36 heavy (non-hydrogen) atoms. The fourth-order valence-corrected chi connectivity index (χ4v) is 6.52. The van der Waals surface area contributed by atoms with E-state index in [4.69, 9.17) is 24.5 Å². The van der Waals surface area contributed by atoms with Crippen molar-refractivity contribution in [2.24, 2.45) is 15.7 Å². The van der Waals surface area contributed by atoms with Crippen LogP contribution in [0.3, 0.4) is 0 Å². The number of phosphoric acid groups is 1. The quantitative estimate of drug-likeness (QED) is 0.445. The summed E-state index contributed by atoms with van der Waals surface area (Å²) >= 11 is 0. The molecule has 1 atom stereocenters. The van der Waals surface area contributed by atoms with Crippen molar-refractivity contribution >= 4 is 19.4 Å². The average Bonchev–Trinajstić information content (AvgIpc) is 3.35. The monoisotopic (exact) mass is 515 g/mol. The van der Waals surface area contributed by atoms with Crippen molar-refractivity contribution in [2.75, 3.05) is 7.05 Å². The van der Waals surface area contributed by atoms with Gasteiger partial charge in [-0.25, -0.2) is 9.56 Å². The molecule has 3 N–H and O–H groups in total. The standard InChI is InChI=1S/C27H38N3O5P/c1-5-23(28)24-26(29-4)33-27(2,3)25(30-24)20-12-10-18(11-13-20)19-14-16-22(17-15-19)35-36(31,32)34-21-8-6-7-9-21/h5,10-13,19,21-22H,1,6-9,14-17,28H2,2-4H3,(H,31,32)/b24-23-,29-26?. The Balaban J connectivity index is 1.41. The lowest BCUT2D eigenvalue weighted by Crippen LogP contribution is -2.42. The molecule has 0 bridgehead atoms. The minimum absolute atomic E-state index is 0.152. The molecule has 0 saturated heterocycles. The lowest BCUT2D eigenvalue weighted by Gasteiger charge is -2.34. The highest BCUT2D eigenvalue weighted by Crippen LogP contribution is 2.50. The summed E-state index contributed by atoms with van der Waals surface area (Å²) in [5, 5.41) is 0. The largest absolute Gasteiger partial charge is 0.472 e. The van der Waals surface area contributed by atoms with Gasteiger partial charge in [0.15, 0.2) is 0 Å². The minimum atomic E-state index is -4.01. The molecule has 0 spiro atoms. The number of benzene rings is 1. The zero-order valence-electron chi connectivity index (χ0n) is 21.5. The Bertz CT molecular complexity index is 1090. The molecule has 0 amide bonds. The first-order valence-corrected chi connectivity index (χ1v) is 14.3. The van der Waals surface area contributed by atoms with Crippen LogP contribution >= 0.6 is 7.82 Å². The van der Waals surface area contributed by atoms with Gasteiger partial charge in [-0.1, -0.05) is 43.7 Å². The van der Waals surface area contributed by atoms with Crippen molar-refractivity contribution in [3.63, 3.8) is 0 Å². The predicted octanol–water partition coefficient (Wildman–Crippen LogP) is 5.77. The SMILES string of the molecule is C=C/C(N)=C1/N=C(c2ccc(C3CCC(OP(=O)(O)OC4CCCC4)CC3)cc2)C(C)(C)OC1=NC. The predicted molar refractivity (Wildman–Crippen MR) is 142 cm³/mol. The molecule has 2 aliphatic carbocycles. The molecule has 3 aliphatic rings. The molecule has 0 radical (unpaired) electrons. The van der Waals surface area contributed by atoms with E-state index >= 15 is 0 Å². The summed E-state index contributed by atoms with van der Waals surface area (Å²) in [5.41, 5.74) is 9.30. The molecule has 1 aliphatic heterocycles. The minimum Gasteiger partial charge on any atom is -0.464 e. The summed E-state index contributed by atoms with van der Waals surface area (Å²) in [6, 6.07) is 8.39. The van der Waals surface area contributed by atoms with Gasteiger partial charge in [0.05, 0.1) is 23.6 Å². The van der Waals surface area contributed by atoms with Gasteiger partial charge in [0.2, 0.25) is 5.90 Å². The Hall–Kier alpha value is -2.25. The Kier molecular flexibility index (Phi) is 8.20. The van der Waals surface area contributed by atoms with E-state index in [-0.39, 0.29) is 12.2 Å². The maximum absolute atomic E-state index is 12.4. The van der Waals surface area contributed by atoms with Crippen LogP contribution in [-0.4, -0.2) is 41.4 Å². The van der Waals surface area contributed by atoms with Crippen molar-refractivity contribution < 1.29 is 23.2 Å². The molecule has 9 heteroatoms. The van der Waals surface area contributed by atoms with Crippen molar-refractivity contribution in [3.8, 4) is 0 Å². The van der Waals surface area contributed by atoms with Crippen LogP contribution in [0.15, 0.2) is 58.3 Å². The van der Waals surface area contributed by atoms with Crippen molar-refractivity contribution in [2.45, 2.75) is 88.9 Å². The first-order valence-electron chi connectivity index (χ1n) is 12.8. The van der Waals surface area contributed by atoms with E-state index < -0.39 is 13.4 Å². The van der Waals surface area contributed by atoms with Crippen LogP contribution in [0, 0.1) is 0 Å². The number of hydrogen-bond donors (Lipinski definition) is 2.